The summed E-state index contributed by atoms with van der Waals surface area (Å²) in [6, 6.07) is 1.38. The molecule has 0 aromatic rings. The molecule has 3 unspecified atom stereocenters. The topological polar surface area (TPSA) is 38.5 Å². The van der Waals surface area contributed by atoms with Gasteiger partial charge < -0.3 is 10.5 Å². The van der Waals surface area contributed by atoms with Gasteiger partial charge in [-0.2, -0.15) is 0 Å². The van der Waals surface area contributed by atoms with Crippen molar-refractivity contribution in [3.63, 3.8) is 0 Å². The van der Waals surface area contributed by atoms with Crippen LogP contribution in [0.25, 0.3) is 0 Å². The van der Waals surface area contributed by atoms with Gasteiger partial charge in [0.2, 0.25) is 0 Å². The van der Waals surface area contributed by atoms with E-state index in [9.17, 15) is 0 Å². The summed E-state index contributed by atoms with van der Waals surface area (Å²) in [5, 5.41) is 0. The molecular weight excluding hydrogens is 212 g/mol. The van der Waals surface area contributed by atoms with Gasteiger partial charge in [-0.25, -0.2) is 0 Å². The maximum Gasteiger partial charge on any atom is 0.0661 e. The van der Waals surface area contributed by atoms with E-state index in [0.717, 1.165) is 19.1 Å². The summed E-state index contributed by atoms with van der Waals surface area (Å²) in [7, 11) is 1.81. The van der Waals surface area contributed by atoms with Gasteiger partial charge >= 0.3 is 0 Å². The summed E-state index contributed by atoms with van der Waals surface area (Å²) in [6.07, 6.45) is 6.55. The van der Waals surface area contributed by atoms with Crippen LogP contribution in [0.3, 0.4) is 0 Å². The molecule has 2 fully saturated rings. The molecule has 2 rings (SSSR count). The Hall–Kier alpha value is -0.120. The molecule has 1 aliphatic carbocycles. The molecule has 1 aliphatic heterocycles. The minimum absolute atomic E-state index is 0.116. The predicted molar refractivity (Wildman–Crippen MR) is 71.0 cm³/mol. The highest BCUT2D eigenvalue weighted by atomic mass is 16.5. The molecule has 3 nitrogen and oxygen atoms in total. The quantitative estimate of drug-likeness (QED) is 0.772. The molecule has 0 aromatic carbocycles. The summed E-state index contributed by atoms with van der Waals surface area (Å²) in [6.45, 7) is 6.20. The molecule has 0 radical (unpaired) electrons. The van der Waals surface area contributed by atoms with Crippen LogP contribution in [0.1, 0.15) is 46.0 Å². The molecular formula is C14H28N2O. The molecule has 0 amide bonds. The average Bonchev–Trinajstić information content (AvgIpc) is 3.11. The van der Waals surface area contributed by atoms with Gasteiger partial charge in [0.1, 0.15) is 0 Å². The molecule has 17 heavy (non-hydrogen) atoms. The normalized spacial score (nSPS) is 33.9. The van der Waals surface area contributed by atoms with Gasteiger partial charge in [0, 0.05) is 25.7 Å². The molecule has 0 aromatic heterocycles. The summed E-state index contributed by atoms with van der Waals surface area (Å²) in [5.74, 6) is 0.766. The van der Waals surface area contributed by atoms with Crippen LogP contribution in [0.2, 0.25) is 0 Å². The van der Waals surface area contributed by atoms with Crippen molar-refractivity contribution in [2.75, 3.05) is 20.3 Å². The highest BCUT2D eigenvalue weighted by Gasteiger charge is 2.53. The Balaban J connectivity index is 2.23. The van der Waals surface area contributed by atoms with Gasteiger partial charge in [-0.3, -0.25) is 4.90 Å². The van der Waals surface area contributed by atoms with Gasteiger partial charge in [-0.15, -0.1) is 0 Å². The number of rotatable bonds is 6. The second-order valence-corrected chi connectivity index (χ2v) is 5.91. The lowest BCUT2D eigenvalue weighted by Crippen LogP contribution is -2.62. The minimum atomic E-state index is 0.116. The second-order valence-electron chi connectivity index (χ2n) is 5.91. The van der Waals surface area contributed by atoms with E-state index in [1.165, 1.54) is 32.1 Å². The van der Waals surface area contributed by atoms with Crippen molar-refractivity contribution in [3.05, 3.63) is 0 Å². The maximum atomic E-state index is 6.17. The van der Waals surface area contributed by atoms with Crippen molar-refractivity contribution in [3.8, 4) is 0 Å². The van der Waals surface area contributed by atoms with Crippen molar-refractivity contribution in [1.29, 1.82) is 0 Å². The fourth-order valence-corrected chi connectivity index (χ4v) is 3.88. The number of likely N-dealkylation sites (tertiary alicyclic amines) is 1. The number of hydrogen-bond acceptors (Lipinski definition) is 3. The lowest BCUT2D eigenvalue weighted by atomic mass is 9.89. The van der Waals surface area contributed by atoms with Crippen LogP contribution in [-0.4, -0.2) is 42.8 Å². The number of ether oxygens (including phenoxy) is 1. The fourth-order valence-electron chi connectivity index (χ4n) is 3.88. The van der Waals surface area contributed by atoms with Crippen LogP contribution >= 0.6 is 0 Å². The third kappa shape index (κ3) is 2.25. The Labute approximate surface area is 106 Å². The third-order valence-corrected chi connectivity index (χ3v) is 4.86. The summed E-state index contributed by atoms with van der Waals surface area (Å²) < 4.78 is 5.53. The van der Waals surface area contributed by atoms with Gasteiger partial charge in [-0.1, -0.05) is 6.92 Å². The van der Waals surface area contributed by atoms with Crippen LogP contribution < -0.4 is 5.73 Å². The van der Waals surface area contributed by atoms with Crippen LogP contribution in [0, 0.1) is 5.92 Å². The zero-order valence-electron chi connectivity index (χ0n) is 11.6. The lowest BCUT2D eigenvalue weighted by Gasteiger charge is -2.47. The van der Waals surface area contributed by atoms with E-state index in [-0.39, 0.29) is 5.54 Å². The Morgan fingerprint density at radius 2 is 2.00 bits per heavy atom. The average molecular weight is 240 g/mol. The van der Waals surface area contributed by atoms with Crippen molar-refractivity contribution >= 4 is 0 Å². The largest absolute Gasteiger partial charge is 0.383 e. The standard InChI is InChI=1S/C14H28N2O/c1-4-13-8-5-11(2)16(13)14(9-15,10-17-3)12-6-7-12/h11-13H,4-10,15H2,1-3H3. The first-order valence-electron chi connectivity index (χ1n) is 7.17. The summed E-state index contributed by atoms with van der Waals surface area (Å²) in [4.78, 5) is 2.72. The maximum absolute atomic E-state index is 6.17. The van der Waals surface area contributed by atoms with Gasteiger partial charge in [0.15, 0.2) is 0 Å². The van der Waals surface area contributed by atoms with Crippen LogP contribution in [-0.2, 0) is 4.74 Å². The third-order valence-electron chi connectivity index (χ3n) is 4.86. The molecule has 1 heterocycles. The number of nitrogens with zero attached hydrogens (tertiary/aromatic N) is 1. The van der Waals surface area contributed by atoms with E-state index in [2.05, 4.69) is 18.7 Å². The van der Waals surface area contributed by atoms with Gasteiger partial charge in [-0.05, 0) is 44.9 Å². The highest BCUT2D eigenvalue weighted by Crippen LogP contribution is 2.47. The Kier molecular flexibility index (Phi) is 4.11. The molecule has 3 heteroatoms. The molecule has 100 valence electrons. The molecule has 2 N–H and O–H groups in total. The van der Waals surface area contributed by atoms with E-state index in [4.69, 9.17) is 10.5 Å². The summed E-state index contributed by atoms with van der Waals surface area (Å²) >= 11 is 0. The van der Waals surface area contributed by atoms with Crippen molar-refractivity contribution in [1.82, 2.24) is 4.90 Å². The number of methoxy groups -OCH3 is 1. The Morgan fingerprint density at radius 1 is 1.29 bits per heavy atom. The SMILES string of the molecule is CCC1CCC(C)N1C(CN)(COC)C1CC1. The first-order valence-corrected chi connectivity index (χ1v) is 7.17. The van der Waals surface area contributed by atoms with Crippen LogP contribution in [0.15, 0.2) is 0 Å². The molecule has 1 saturated carbocycles. The minimum Gasteiger partial charge on any atom is -0.383 e. The Morgan fingerprint density at radius 3 is 2.47 bits per heavy atom. The van der Waals surface area contributed by atoms with Crippen molar-refractivity contribution in [2.45, 2.75) is 63.6 Å². The van der Waals surface area contributed by atoms with E-state index in [1.807, 2.05) is 7.11 Å². The second kappa shape index (κ2) is 5.25. The lowest BCUT2D eigenvalue weighted by molar-refractivity contribution is -0.0286. The van der Waals surface area contributed by atoms with E-state index < -0.39 is 0 Å². The molecule has 0 bridgehead atoms. The first kappa shape index (κ1) is 13.3. The van der Waals surface area contributed by atoms with Gasteiger partial charge in [0.25, 0.3) is 0 Å². The monoisotopic (exact) mass is 240 g/mol. The van der Waals surface area contributed by atoms with E-state index >= 15 is 0 Å². The number of hydrogen-bond donors (Lipinski definition) is 1. The highest BCUT2D eigenvalue weighted by molar-refractivity contribution is 5.08. The van der Waals surface area contributed by atoms with E-state index in [0.29, 0.717) is 12.1 Å². The predicted octanol–water partition coefficient (Wildman–Crippen LogP) is 2.00. The van der Waals surface area contributed by atoms with Crippen molar-refractivity contribution in [2.24, 2.45) is 11.7 Å². The first-order chi connectivity index (χ1) is 8.19. The zero-order chi connectivity index (χ0) is 12.5. The Bertz CT molecular complexity index is 255. The summed E-state index contributed by atoms with van der Waals surface area (Å²) in [5.41, 5.74) is 6.29. The molecule has 0 spiro atoms. The van der Waals surface area contributed by atoms with Crippen LogP contribution in [0.4, 0.5) is 0 Å². The number of nitrogens with two attached hydrogens (primary N) is 1. The fraction of sp³-hybridized carbons (Fsp3) is 1.00. The zero-order valence-corrected chi connectivity index (χ0v) is 11.6. The molecule has 2 aliphatic rings. The van der Waals surface area contributed by atoms with Crippen LogP contribution in [0.5, 0.6) is 0 Å². The van der Waals surface area contributed by atoms with Gasteiger partial charge in [0.05, 0.1) is 12.1 Å². The smallest absolute Gasteiger partial charge is 0.0661 e. The van der Waals surface area contributed by atoms with E-state index in [1.54, 1.807) is 0 Å². The molecule has 1 saturated heterocycles. The molecule has 3 atom stereocenters. The van der Waals surface area contributed by atoms with Crippen molar-refractivity contribution < 1.29 is 4.74 Å².